The van der Waals surface area contributed by atoms with Crippen molar-refractivity contribution in [3.63, 3.8) is 0 Å². The summed E-state index contributed by atoms with van der Waals surface area (Å²) >= 11 is 0. The molecule has 1 heterocycles. The van der Waals surface area contributed by atoms with Crippen LogP contribution in [0.2, 0.25) is 0 Å². The highest BCUT2D eigenvalue weighted by molar-refractivity contribution is 5.87. The topological polar surface area (TPSA) is 59.8 Å². The van der Waals surface area contributed by atoms with E-state index in [1.165, 1.54) is 6.08 Å². The van der Waals surface area contributed by atoms with E-state index in [9.17, 15) is 4.79 Å². The lowest BCUT2D eigenvalue weighted by atomic mass is 10.2. The summed E-state index contributed by atoms with van der Waals surface area (Å²) in [5, 5.41) is 6.88. The molecule has 0 bridgehead atoms. The monoisotopic (exact) mass is 194 g/mol. The first-order valence-corrected chi connectivity index (χ1v) is 4.45. The summed E-state index contributed by atoms with van der Waals surface area (Å²) in [5.41, 5.74) is 0. The van der Waals surface area contributed by atoms with Crippen LogP contribution >= 0.6 is 0 Å². The third-order valence-electron chi connectivity index (χ3n) is 1.84. The Morgan fingerprint density at radius 1 is 1.86 bits per heavy atom. The molecule has 5 nitrogen and oxygen atoms in total. The van der Waals surface area contributed by atoms with Gasteiger partial charge in [-0.1, -0.05) is 13.5 Å². The Kier molecular flexibility index (Phi) is 3.39. The molecule has 0 spiro atoms. The second kappa shape index (κ2) is 4.55. The number of rotatable bonds is 4. The molecule has 0 fully saturated rings. The summed E-state index contributed by atoms with van der Waals surface area (Å²) in [7, 11) is 1.79. The first-order chi connectivity index (χ1) is 6.67. The van der Waals surface area contributed by atoms with Crippen LogP contribution in [0.4, 0.5) is 0 Å². The third kappa shape index (κ3) is 2.42. The summed E-state index contributed by atoms with van der Waals surface area (Å²) in [5.74, 6) is 0.425. The number of carbonyl (C=O) groups excluding carboxylic acids is 1. The van der Waals surface area contributed by atoms with Crippen LogP contribution < -0.4 is 5.32 Å². The van der Waals surface area contributed by atoms with Gasteiger partial charge in [0, 0.05) is 7.05 Å². The zero-order valence-electron chi connectivity index (χ0n) is 8.40. The maximum absolute atomic E-state index is 11.1. The van der Waals surface area contributed by atoms with Gasteiger partial charge >= 0.3 is 0 Å². The number of amides is 1. The lowest BCUT2D eigenvalue weighted by Crippen LogP contribution is -2.27. The van der Waals surface area contributed by atoms with Crippen LogP contribution in [0.3, 0.4) is 0 Å². The van der Waals surface area contributed by atoms with Crippen LogP contribution in [0.25, 0.3) is 0 Å². The van der Waals surface area contributed by atoms with Crippen molar-refractivity contribution in [2.75, 3.05) is 0 Å². The summed E-state index contributed by atoms with van der Waals surface area (Å²) in [6, 6.07) is -0.137. The fourth-order valence-electron chi connectivity index (χ4n) is 1.10. The van der Waals surface area contributed by atoms with Gasteiger partial charge < -0.3 is 5.32 Å². The van der Waals surface area contributed by atoms with Gasteiger partial charge in [-0.3, -0.25) is 9.48 Å². The minimum Gasteiger partial charge on any atom is -0.342 e. The van der Waals surface area contributed by atoms with Crippen molar-refractivity contribution >= 4 is 5.91 Å². The Bertz CT molecular complexity index is 331. The fourth-order valence-corrected chi connectivity index (χ4v) is 1.10. The van der Waals surface area contributed by atoms with Gasteiger partial charge in [0.1, 0.15) is 6.33 Å². The van der Waals surface area contributed by atoms with Crippen LogP contribution in [0.1, 0.15) is 25.2 Å². The van der Waals surface area contributed by atoms with Crippen LogP contribution in [-0.2, 0) is 11.8 Å². The number of hydrogen-bond donors (Lipinski definition) is 1. The lowest BCUT2D eigenvalue weighted by Gasteiger charge is -2.11. The average molecular weight is 194 g/mol. The molecule has 0 radical (unpaired) electrons. The minimum atomic E-state index is -0.204. The van der Waals surface area contributed by atoms with Crippen LogP contribution in [-0.4, -0.2) is 20.7 Å². The van der Waals surface area contributed by atoms with Crippen molar-refractivity contribution in [2.24, 2.45) is 7.05 Å². The predicted molar refractivity (Wildman–Crippen MR) is 52.4 cm³/mol. The molecule has 0 aliphatic heterocycles. The second-order valence-electron chi connectivity index (χ2n) is 2.95. The quantitative estimate of drug-likeness (QED) is 0.713. The molecule has 0 saturated heterocycles. The highest BCUT2D eigenvalue weighted by Crippen LogP contribution is 2.10. The predicted octanol–water partition coefficient (Wildman–Crippen LogP) is 0.568. The average Bonchev–Trinajstić information content (AvgIpc) is 2.60. The molecule has 1 amide bonds. The van der Waals surface area contributed by atoms with Gasteiger partial charge in [-0.2, -0.15) is 5.10 Å². The Morgan fingerprint density at radius 2 is 2.57 bits per heavy atom. The van der Waals surface area contributed by atoms with E-state index >= 15 is 0 Å². The highest BCUT2D eigenvalue weighted by atomic mass is 16.1. The molecule has 5 heteroatoms. The van der Waals surface area contributed by atoms with E-state index < -0.39 is 0 Å². The number of carbonyl (C=O) groups is 1. The summed E-state index contributed by atoms with van der Waals surface area (Å²) in [6.07, 6.45) is 3.60. The van der Waals surface area contributed by atoms with Crippen molar-refractivity contribution in [3.8, 4) is 0 Å². The third-order valence-corrected chi connectivity index (χ3v) is 1.84. The van der Waals surface area contributed by atoms with Gasteiger partial charge in [0.2, 0.25) is 5.91 Å². The standard InChI is InChI=1S/C9H14N4O/c1-4-7(11-8(14)5-2)9-10-6-13(3)12-9/h5-7H,2,4H2,1,3H3,(H,11,14)/t7-/m0/s1. The van der Waals surface area contributed by atoms with Crippen molar-refractivity contribution in [3.05, 3.63) is 24.8 Å². The van der Waals surface area contributed by atoms with Gasteiger partial charge in [0.05, 0.1) is 6.04 Å². The van der Waals surface area contributed by atoms with Crippen LogP contribution in [0, 0.1) is 0 Å². The maximum Gasteiger partial charge on any atom is 0.243 e. The van der Waals surface area contributed by atoms with Crippen LogP contribution in [0.15, 0.2) is 19.0 Å². The van der Waals surface area contributed by atoms with Gasteiger partial charge in [-0.15, -0.1) is 0 Å². The molecular formula is C9H14N4O. The molecule has 1 aromatic rings. The maximum atomic E-state index is 11.1. The molecule has 1 atom stereocenters. The summed E-state index contributed by atoms with van der Waals surface area (Å²) in [4.78, 5) is 15.1. The zero-order valence-corrected chi connectivity index (χ0v) is 8.40. The molecule has 76 valence electrons. The van der Waals surface area contributed by atoms with Crippen molar-refractivity contribution < 1.29 is 4.79 Å². The number of aromatic nitrogens is 3. The largest absolute Gasteiger partial charge is 0.342 e. The molecule has 14 heavy (non-hydrogen) atoms. The lowest BCUT2D eigenvalue weighted by molar-refractivity contribution is -0.117. The van der Waals surface area contributed by atoms with Gasteiger partial charge in [0.15, 0.2) is 5.82 Å². The van der Waals surface area contributed by atoms with E-state index in [-0.39, 0.29) is 11.9 Å². The SMILES string of the molecule is C=CC(=O)N[C@@H](CC)c1ncn(C)n1. The van der Waals surface area contributed by atoms with Gasteiger partial charge in [0.25, 0.3) is 0 Å². The molecule has 0 unspecified atom stereocenters. The Labute approximate surface area is 82.8 Å². The van der Waals surface area contributed by atoms with E-state index in [4.69, 9.17) is 0 Å². The second-order valence-corrected chi connectivity index (χ2v) is 2.95. The molecule has 0 aliphatic carbocycles. The molecule has 0 saturated carbocycles. The Balaban J connectivity index is 2.71. The number of nitrogens with zero attached hydrogens (tertiary/aromatic N) is 3. The van der Waals surface area contributed by atoms with E-state index in [0.717, 1.165) is 6.42 Å². The van der Waals surface area contributed by atoms with Gasteiger partial charge in [-0.25, -0.2) is 4.98 Å². The molecule has 1 rings (SSSR count). The molecule has 1 aromatic heterocycles. The number of aryl methyl sites for hydroxylation is 1. The Morgan fingerprint density at radius 3 is 3.00 bits per heavy atom. The van der Waals surface area contributed by atoms with Gasteiger partial charge in [-0.05, 0) is 12.5 Å². The first-order valence-electron chi connectivity index (χ1n) is 4.45. The number of hydrogen-bond acceptors (Lipinski definition) is 3. The van der Waals surface area contributed by atoms with Crippen molar-refractivity contribution in [1.29, 1.82) is 0 Å². The molecule has 1 N–H and O–H groups in total. The smallest absolute Gasteiger partial charge is 0.243 e. The summed E-state index contributed by atoms with van der Waals surface area (Å²) < 4.78 is 1.61. The zero-order chi connectivity index (χ0) is 10.6. The molecule has 0 aromatic carbocycles. The Hall–Kier alpha value is -1.65. The summed E-state index contributed by atoms with van der Waals surface area (Å²) in [6.45, 7) is 5.35. The van der Waals surface area contributed by atoms with E-state index in [2.05, 4.69) is 22.0 Å². The van der Waals surface area contributed by atoms with Crippen molar-refractivity contribution in [1.82, 2.24) is 20.1 Å². The first kappa shape index (κ1) is 10.4. The van der Waals surface area contributed by atoms with E-state index in [0.29, 0.717) is 5.82 Å². The van der Waals surface area contributed by atoms with E-state index in [1.807, 2.05) is 6.92 Å². The van der Waals surface area contributed by atoms with E-state index in [1.54, 1.807) is 18.1 Å². The highest BCUT2D eigenvalue weighted by Gasteiger charge is 2.14. The normalized spacial score (nSPS) is 12.1. The van der Waals surface area contributed by atoms with Crippen LogP contribution in [0.5, 0.6) is 0 Å². The van der Waals surface area contributed by atoms with Crippen molar-refractivity contribution in [2.45, 2.75) is 19.4 Å². The molecule has 0 aliphatic rings. The molecular weight excluding hydrogens is 180 g/mol. The fraction of sp³-hybridized carbons (Fsp3) is 0.444. The minimum absolute atomic E-state index is 0.137. The number of nitrogens with one attached hydrogen (secondary N) is 1.